The van der Waals surface area contributed by atoms with Gasteiger partial charge in [-0.15, -0.1) is 0 Å². The summed E-state index contributed by atoms with van der Waals surface area (Å²) in [5, 5.41) is 13.4. The molecule has 3 heterocycles. The first-order valence-electron chi connectivity index (χ1n) is 8.60. The number of aromatic nitrogens is 5. The van der Waals surface area contributed by atoms with Crippen LogP contribution in [0.5, 0.6) is 0 Å². The number of hydrogen-bond donors (Lipinski definition) is 3. The van der Waals surface area contributed by atoms with Crippen molar-refractivity contribution in [2.45, 2.75) is 38.0 Å². The zero-order valence-electron chi connectivity index (χ0n) is 13.8. The summed E-state index contributed by atoms with van der Waals surface area (Å²) in [6.07, 6.45) is 7.64. The average molecular weight is 343 g/mol. The number of aromatic amines is 1. The highest BCUT2D eigenvalue weighted by atomic mass is 16.5. The van der Waals surface area contributed by atoms with Gasteiger partial charge in [-0.1, -0.05) is 0 Å². The van der Waals surface area contributed by atoms with E-state index in [0.717, 1.165) is 32.4 Å². The minimum Gasteiger partial charge on any atom is -0.375 e. The lowest BCUT2D eigenvalue weighted by atomic mass is 9.82. The van der Waals surface area contributed by atoms with Crippen LogP contribution in [0, 0.1) is 5.92 Å². The number of nitrogens with zero attached hydrogens (tertiary/aromatic N) is 4. The smallest absolute Gasteiger partial charge is 0.223 e. The highest BCUT2D eigenvalue weighted by molar-refractivity contribution is 5.78. The number of fused-ring (bicyclic) bond motifs is 1. The number of nitrogens with one attached hydrogen (secondary N) is 3. The SMILES string of the molecule is O=C(NCc1nc(-c2cnccn2)n[nH]1)[C@H]1CC[C@H]2OCCN[C@@H]2C1. The largest absolute Gasteiger partial charge is 0.375 e. The summed E-state index contributed by atoms with van der Waals surface area (Å²) in [7, 11) is 0. The van der Waals surface area contributed by atoms with E-state index in [1.54, 1.807) is 18.6 Å². The Morgan fingerprint density at radius 3 is 3.20 bits per heavy atom. The number of H-pyrrole nitrogens is 1. The Labute approximate surface area is 145 Å². The minimum atomic E-state index is 0.0119. The molecule has 2 aliphatic rings. The van der Waals surface area contributed by atoms with Crippen LogP contribution in [0.3, 0.4) is 0 Å². The lowest BCUT2D eigenvalue weighted by Gasteiger charge is -2.39. The van der Waals surface area contributed by atoms with Crippen molar-refractivity contribution >= 4 is 5.91 Å². The molecule has 1 amide bonds. The summed E-state index contributed by atoms with van der Waals surface area (Å²) in [5.74, 6) is 1.14. The number of carbonyl (C=O) groups excluding carboxylic acids is 1. The maximum absolute atomic E-state index is 12.5. The van der Waals surface area contributed by atoms with Gasteiger partial charge < -0.3 is 15.4 Å². The predicted octanol–water partition coefficient (Wildman–Crippen LogP) is 0.0350. The van der Waals surface area contributed by atoms with Gasteiger partial charge in [0.05, 0.1) is 25.5 Å². The molecule has 1 saturated carbocycles. The molecule has 0 aromatic carbocycles. The number of rotatable bonds is 4. The predicted molar refractivity (Wildman–Crippen MR) is 88.1 cm³/mol. The van der Waals surface area contributed by atoms with E-state index in [-0.39, 0.29) is 24.0 Å². The number of morpholine rings is 1. The summed E-state index contributed by atoms with van der Waals surface area (Å²) in [6, 6.07) is 0.284. The summed E-state index contributed by atoms with van der Waals surface area (Å²) in [5.41, 5.74) is 0.595. The second kappa shape index (κ2) is 7.24. The van der Waals surface area contributed by atoms with E-state index in [2.05, 4.69) is 35.8 Å². The van der Waals surface area contributed by atoms with E-state index in [0.29, 0.717) is 23.9 Å². The first-order valence-corrected chi connectivity index (χ1v) is 8.60. The highest BCUT2D eigenvalue weighted by Crippen LogP contribution is 2.28. The fraction of sp³-hybridized carbons (Fsp3) is 0.562. The Balaban J connectivity index is 1.31. The van der Waals surface area contributed by atoms with Crippen molar-refractivity contribution in [3.63, 3.8) is 0 Å². The fourth-order valence-corrected chi connectivity index (χ4v) is 3.47. The third-order valence-electron chi connectivity index (χ3n) is 4.75. The van der Waals surface area contributed by atoms with Crippen LogP contribution in [0.4, 0.5) is 0 Å². The second-order valence-electron chi connectivity index (χ2n) is 6.39. The van der Waals surface area contributed by atoms with Crippen molar-refractivity contribution in [3.8, 4) is 11.5 Å². The van der Waals surface area contributed by atoms with Gasteiger partial charge >= 0.3 is 0 Å². The topological polar surface area (TPSA) is 118 Å². The zero-order chi connectivity index (χ0) is 17.1. The van der Waals surface area contributed by atoms with Crippen molar-refractivity contribution < 1.29 is 9.53 Å². The minimum absolute atomic E-state index is 0.0119. The molecule has 2 aromatic heterocycles. The molecule has 1 aliphatic heterocycles. The van der Waals surface area contributed by atoms with Crippen molar-refractivity contribution in [3.05, 3.63) is 24.4 Å². The molecule has 25 heavy (non-hydrogen) atoms. The molecule has 2 fully saturated rings. The molecule has 132 valence electrons. The number of ether oxygens (including phenoxy) is 1. The lowest BCUT2D eigenvalue weighted by molar-refractivity contribution is -0.128. The molecular weight excluding hydrogens is 322 g/mol. The van der Waals surface area contributed by atoms with Crippen LogP contribution in [0.1, 0.15) is 25.1 Å². The van der Waals surface area contributed by atoms with Gasteiger partial charge in [0, 0.05) is 30.9 Å². The molecule has 3 atom stereocenters. The van der Waals surface area contributed by atoms with Crippen molar-refractivity contribution in [1.82, 2.24) is 35.8 Å². The van der Waals surface area contributed by atoms with Crippen molar-refractivity contribution in [1.29, 1.82) is 0 Å². The Bertz CT molecular complexity index is 720. The molecule has 1 aliphatic carbocycles. The van der Waals surface area contributed by atoms with E-state index < -0.39 is 0 Å². The van der Waals surface area contributed by atoms with Gasteiger partial charge in [-0.05, 0) is 19.3 Å². The van der Waals surface area contributed by atoms with E-state index in [9.17, 15) is 4.79 Å². The summed E-state index contributed by atoms with van der Waals surface area (Å²) >= 11 is 0. The first kappa shape index (κ1) is 16.1. The number of hydrogen-bond acceptors (Lipinski definition) is 7. The van der Waals surface area contributed by atoms with Crippen molar-refractivity contribution in [2.75, 3.05) is 13.2 Å². The van der Waals surface area contributed by atoms with Gasteiger partial charge in [0.2, 0.25) is 11.7 Å². The third-order valence-corrected chi connectivity index (χ3v) is 4.75. The first-order chi connectivity index (χ1) is 12.3. The highest BCUT2D eigenvalue weighted by Gasteiger charge is 2.35. The van der Waals surface area contributed by atoms with E-state index in [1.807, 2.05) is 0 Å². The maximum atomic E-state index is 12.5. The Hall–Kier alpha value is -2.39. The van der Waals surface area contributed by atoms with Crippen LogP contribution in [-0.2, 0) is 16.1 Å². The van der Waals surface area contributed by atoms with Gasteiger partial charge in [0.25, 0.3) is 0 Å². The molecular formula is C16H21N7O2. The molecule has 0 spiro atoms. The van der Waals surface area contributed by atoms with Crippen LogP contribution >= 0.6 is 0 Å². The van der Waals surface area contributed by atoms with Crippen LogP contribution < -0.4 is 10.6 Å². The summed E-state index contributed by atoms with van der Waals surface area (Å²) < 4.78 is 5.76. The maximum Gasteiger partial charge on any atom is 0.223 e. The van der Waals surface area contributed by atoms with Gasteiger partial charge in [0.15, 0.2) is 0 Å². The molecule has 0 bridgehead atoms. The summed E-state index contributed by atoms with van der Waals surface area (Å²) in [4.78, 5) is 25.0. The fourth-order valence-electron chi connectivity index (χ4n) is 3.47. The Kier molecular flexibility index (Phi) is 4.66. The van der Waals surface area contributed by atoms with Crippen LogP contribution in [0.25, 0.3) is 11.5 Å². The quantitative estimate of drug-likeness (QED) is 0.717. The second-order valence-corrected chi connectivity index (χ2v) is 6.39. The molecule has 1 saturated heterocycles. The number of amides is 1. The third kappa shape index (κ3) is 3.67. The molecule has 2 aromatic rings. The van der Waals surface area contributed by atoms with Crippen LogP contribution in [0.2, 0.25) is 0 Å². The molecule has 0 unspecified atom stereocenters. The van der Waals surface area contributed by atoms with E-state index in [1.165, 1.54) is 0 Å². The van der Waals surface area contributed by atoms with Gasteiger partial charge in [0.1, 0.15) is 11.5 Å². The van der Waals surface area contributed by atoms with Crippen LogP contribution in [-0.4, -0.2) is 56.4 Å². The summed E-state index contributed by atoms with van der Waals surface area (Å²) in [6.45, 7) is 1.94. The van der Waals surface area contributed by atoms with Gasteiger partial charge in [-0.2, -0.15) is 5.10 Å². The standard InChI is InChI=1S/C16H21N7O2/c24-16(10-1-2-13-11(7-10)19-5-6-25-13)20-9-14-21-15(23-22-14)12-8-17-3-4-18-12/h3-4,8,10-11,13,19H,1-2,5-7,9H2,(H,20,24)(H,21,22,23)/t10-,11+,13+/m0/s1. The average Bonchev–Trinajstić information content (AvgIpc) is 3.15. The van der Waals surface area contributed by atoms with E-state index >= 15 is 0 Å². The van der Waals surface area contributed by atoms with Crippen molar-refractivity contribution in [2.24, 2.45) is 5.92 Å². The molecule has 3 N–H and O–H groups in total. The molecule has 0 radical (unpaired) electrons. The zero-order valence-corrected chi connectivity index (χ0v) is 13.8. The van der Waals surface area contributed by atoms with E-state index in [4.69, 9.17) is 4.74 Å². The Morgan fingerprint density at radius 1 is 1.36 bits per heavy atom. The van der Waals surface area contributed by atoms with Crippen LogP contribution in [0.15, 0.2) is 18.6 Å². The monoisotopic (exact) mass is 343 g/mol. The molecule has 4 rings (SSSR count). The van der Waals surface area contributed by atoms with Gasteiger partial charge in [-0.3, -0.25) is 14.9 Å². The normalized spacial score (nSPS) is 26.0. The van der Waals surface area contributed by atoms with Gasteiger partial charge in [-0.25, -0.2) is 9.97 Å². The lowest BCUT2D eigenvalue weighted by Crippen LogP contribution is -2.53. The molecule has 9 heteroatoms. The molecule has 9 nitrogen and oxygen atoms in total. The Morgan fingerprint density at radius 2 is 2.32 bits per heavy atom. The number of carbonyl (C=O) groups is 1.